The standard InChI is InChI=1S/C50H95NO5/c1-4-7-10-13-16-19-22-24-26-27-29-32-35-38-41-46(56-50(55)43-40-37-34-31-28-25-23-20-17-14-11-8-5-2)44-49(54)51-47(45-52)48(53)42-39-36-33-30-21-18-15-12-9-6-3/h26-27,29,32,46-48,52-53H,4-25,28,30-31,33-45H2,1-3H3,(H,51,54)/b27-26+,32-29+. The van der Waals surface area contributed by atoms with E-state index in [1.54, 1.807) is 0 Å². The first-order chi connectivity index (χ1) is 27.5. The Balaban J connectivity index is 4.64. The summed E-state index contributed by atoms with van der Waals surface area (Å²) in [5.41, 5.74) is 0. The molecule has 3 atom stereocenters. The van der Waals surface area contributed by atoms with Crippen molar-refractivity contribution in [1.29, 1.82) is 0 Å². The molecule has 0 aliphatic carbocycles. The molecule has 0 aliphatic heterocycles. The maximum Gasteiger partial charge on any atom is 0.306 e. The maximum atomic E-state index is 13.1. The fraction of sp³-hybridized carbons (Fsp3) is 0.880. The zero-order valence-corrected chi connectivity index (χ0v) is 37.5. The van der Waals surface area contributed by atoms with Gasteiger partial charge in [0.15, 0.2) is 0 Å². The molecule has 0 rings (SSSR count). The van der Waals surface area contributed by atoms with E-state index in [4.69, 9.17) is 4.74 Å². The number of aliphatic hydroxyl groups excluding tert-OH is 2. The number of carbonyl (C=O) groups is 2. The second-order valence-electron chi connectivity index (χ2n) is 16.9. The number of carbonyl (C=O) groups excluding carboxylic acids is 2. The van der Waals surface area contributed by atoms with Crippen LogP contribution < -0.4 is 5.32 Å². The van der Waals surface area contributed by atoms with Crippen LogP contribution >= 0.6 is 0 Å². The average Bonchev–Trinajstić information content (AvgIpc) is 3.19. The van der Waals surface area contributed by atoms with E-state index in [2.05, 4.69) is 50.4 Å². The SMILES string of the molecule is CCCCCCCCC/C=C/C=C/CCCC(CC(=O)NC(CO)C(O)CCCCCCCCCCCC)OC(=O)CCCCCCCCCCCCCCC. The Labute approximate surface area is 348 Å². The lowest BCUT2D eigenvalue weighted by Gasteiger charge is -2.24. The highest BCUT2D eigenvalue weighted by atomic mass is 16.5. The molecule has 0 aromatic carbocycles. The minimum Gasteiger partial charge on any atom is -0.462 e. The number of nitrogens with one attached hydrogen (secondary N) is 1. The van der Waals surface area contributed by atoms with E-state index in [1.807, 2.05) is 0 Å². The number of hydrogen-bond acceptors (Lipinski definition) is 5. The number of amides is 1. The molecule has 0 heterocycles. The maximum absolute atomic E-state index is 13.1. The van der Waals surface area contributed by atoms with E-state index < -0.39 is 18.2 Å². The molecule has 6 heteroatoms. The monoisotopic (exact) mass is 790 g/mol. The van der Waals surface area contributed by atoms with E-state index in [0.717, 1.165) is 57.8 Å². The predicted molar refractivity (Wildman–Crippen MR) is 241 cm³/mol. The van der Waals surface area contributed by atoms with Gasteiger partial charge in [-0.3, -0.25) is 9.59 Å². The summed E-state index contributed by atoms with van der Waals surface area (Å²) in [5, 5.41) is 23.6. The van der Waals surface area contributed by atoms with Crippen molar-refractivity contribution in [3.8, 4) is 0 Å². The summed E-state index contributed by atoms with van der Waals surface area (Å²) in [5.74, 6) is -0.511. The third kappa shape index (κ3) is 39.2. The van der Waals surface area contributed by atoms with Crippen molar-refractivity contribution in [2.24, 2.45) is 0 Å². The molecule has 56 heavy (non-hydrogen) atoms. The van der Waals surface area contributed by atoms with Crippen molar-refractivity contribution in [3.63, 3.8) is 0 Å². The summed E-state index contributed by atoms with van der Waals surface area (Å²) in [6, 6.07) is -0.709. The number of esters is 1. The van der Waals surface area contributed by atoms with Crippen molar-refractivity contribution in [2.75, 3.05) is 6.61 Å². The number of allylic oxidation sites excluding steroid dienone is 4. The highest BCUT2D eigenvalue weighted by Crippen LogP contribution is 2.17. The zero-order chi connectivity index (χ0) is 41.0. The summed E-state index contributed by atoms with van der Waals surface area (Å²) in [6.45, 7) is 6.46. The Kier molecular flexibility index (Phi) is 43.1. The second-order valence-corrected chi connectivity index (χ2v) is 16.9. The zero-order valence-electron chi connectivity index (χ0n) is 37.5. The molecular weight excluding hydrogens is 695 g/mol. The number of rotatable bonds is 44. The molecule has 0 aliphatic rings. The van der Waals surface area contributed by atoms with Crippen molar-refractivity contribution < 1.29 is 24.5 Å². The van der Waals surface area contributed by atoms with Gasteiger partial charge >= 0.3 is 5.97 Å². The van der Waals surface area contributed by atoms with Gasteiger partial charge in [-0.1, -0.05) is 225 Å². The molecule has 330 valence electrons. The summed E-state index contributed by atoms with van der Waals surface area (Å²) in [7, 11) is 0. The van der Waals surface area contributed by atoms with Crippen LogP contribution in [0.1, 0.15) is 258 Å². The van der Waals surface area contributed by atoms with Crippen LogP contribution in [-0.2, 0) is 14.3 Å². The molecule has 0 saturated carbocycles. The van der Waals surface area contributed by atoms with E-state index in [-0.39, 0.29) is 24.9 Å². The lowest BCUT2D eigenvalue weighted by atomic mass is 10.0. The number of hydrogen-bond donors (Lipinski definition) is 3. The Morgan fingerprint density at radius 2 is 0.911 bits per heavy atom. The van der Waals surface area contributed by atoms with Gasteiger partial charge in [0.05, 0.1) is 25.2 Å². The van der Waals surface area contributed by atoms with Gasteiger partial charge in [-0.25, -0.2) is 0 Å². The third-order valence-corrected chi connectivity index (χ3v) is 11.3. The fourth-order valence-electron chi connectivity index (χ4n) is 7.54. The van der Waals surface area contributed by atoms with Gasteiger partial charge in [0.1, 0.15) is 6.10 Å². The second kappa shape index (κ2) is 44.4. The van der Waals surface area contributed by atoms with Gasteiger partial charge in [-0.15, -0.1) is 0 Å². The van der Waals surface area contributed by atoms with E-state index in [9.17, 15) is 19.8 Å². The average molecular weight is 790 g/mol. The highest BCUT2D eigenvalue weighted by Gasteiger charge is 2.24. The van der Waals surface area contributed by atoms with Crippen LogP contribution in [0.4, 0.5) is 0 Å². The molecule has 3 N–H and O–H groups in total. The summed E-state index contributed by atoms with van der Waals surface area (Å²) < 4.78 is 5.89. The Bertz CT molecular complexity index is 889. The summed E-state index contributed by atoms with van der Waals surface area (Å²) >= 11 is 0. The van der Waals surface area contributed by atoms with Gasteiger partial charge in [-0.05, 0) is 44.9 Å². The molecular formula is C50H95NO5. The molecule has 0 aromatic heterocycles. The number of ether oxygens (including phenoxy) is 1. The normalized spacial score (nSPS) is 13.4. The highest BCUT2D eigenvalue weighted by molar-refractivity contribution is 5.77. The summed E-state index contributed by atoms with van der Waals surface area (Å²) in [4.78, 5) is 26.0. The first kappa shape index (κ1) is 54.3. The van der Waals surface area contributed by atoms with Crippen molar-refractivity contribution >= 4 is 11.9 Å². The van der Waals surface area contributed by atoms with Crippen LogP contribution in [0.5, 0.6) is 0 Å². The van der Waals surface area contributed by atoms with Crippen LogP contribution in [0.3, 0.4) is 0 Å². The molecule has 0 spiro atoms. The molecule has 1 amide bonds. The molecule has 0 fully saturated rings. The molecule has 6 nitrogen and oxygen atoms in total. The molecule has 0 bridgehead atoms. The van der Waals surface area contributed by atoms with E-state index >= 15 is 0 Å². The van der Waals surface area contributed by atoms with Crippen molar-refractivity contribution in [2.45, 2.75) is 277 Å². The predicted octanol–water partition coefficient (Wildman–Crippen LogP) is 14.3. The van der Waals surface area contributed by atoms with Crippen molar-refractivity contribution in [3.05, 3.63) is 24.3 Å². The van der Waals surface area contributed by atoms with Gasteiger partial charge in [0.2, 0.25) is 5.91 Å². The first-order valence-corrected chi connectivity index (χ1v) is 24.6. The lowest BCUT2D eigenvalue weighted by molar-refractivity contribution is -0.151. The Hall–Kier alpha value is -1.66. The smallest absolute Gasteiger partial charge is 0.306 e. The van der Waals surface area contributed by atoms with Crippen LogP contribution in [-0.4, -0.2) is 46.9 Å². The van der Waals surface area contributed by atoms with Crippen LogP contribution in [0.15, 0.2) is 24.3 Å². The van der Waals surface area contributed by atoms with Crippen LogP contribution in [0, 0.1) is 0 Å². The van der Waals surface area contributed by atoms with E-state index in [1.165, 1.54) is 154 Å². The molecule has 0 saturated heterocycles. The fourth-order valence-corrected chi connectivity index (χ4v) is 7.54. The summed E-state index contributed by atoms with van der Waals surface area (Å²) in [6.07, 6.45) is 49.5. The van der Waals surface area contributed by atoms with Gasteiger partial charge in [0.25, 0.3) is 0 Å². The molecule has 3 unspecified atom stereocenters. The third-order valence-electron chi connectivity index (χ3n) is 11.3. The minimum atomic E-state index is -0.793. The topological polar surface area (TPSA) is 95.9 Å². The van der Waals surface area contributed by atoms with Crippen LogP contribution in [0.25, 0.3) is 0 Å². The number of aliphatic hydroxyl groups is 2. The van der Waals surface area contributed by atoms with Gasteiger partial charge in [-0.2, -0.15) is 0 Å². The van der Waals surface area contributed by atoms with Gasteiger partial charge in [0, 0.05) is 6.42 Å². The lowest BCUT2D eigenvalue weighted by Crippen LogP contribution is -2.46. The molecule has 0 radical (unpaired) electrons. The van der Waals surface area contributed by atoms with Crippen LogP contribution in [0.2, 0.25) is 0 Å². The van der Waals surface area contributed by atoms with E-state index in [0.29, 0.717) is 19.3 Å². The van der Waals surface area contributed by atoms with Gasteiger partial charge < -0.3 is 20.3 Å². The van der Waals surface area contributed by atoms with Crippen molar-refractivity contribution in [1.82, 2.24) is 5.32 Å². The largest absolute Gasteiger partial charge is 0.462 e. The Morgan fingerprint density at radius 1 is 0.518 bits per heavy atom. The number of unbranched alkanes of at least 4 members (excludes halogenated alkanes) is 29. The molecule has 0 aromatic rings. The minimum absolute atomic E-state index is 0.0495. The first-order valence-electron chi connectivity index (χ1n) is 24.6. The Morgan fingerprint density at radius 3 is 1.36 bits per heavy atom. The quantitative estimate of drug-likeness (QED) is 0.0324.